The molecule has 0 amide bonds. The number of ether oxygens (including phenoxy) is 1. The minimum Gasteiger partial charge on any atom is -0.494 e. The van der Waals surface area contributed by atoms with Crippen molar-refractivity contribution in [1.29, 1.82) is 0 Å². The minimum absolute atomic E-state index is 0.611. The van der Waals surface area contributed by atoms with Crippen LogP contribution in [0.15, 0.2) is 46.7 Å². The predicted molar refractivity (Wildman–Crippen MR) is 117 cm³/mol. The SMILES string of the molecule is CCC[C@@H]1CCCCCCC2=NC(=Cc3[nH]c(-c4ccc[nH]4)cc3OC)C1=C2. The molecule has 1 aliphatic carbocycles. The van der Waals surface area contributed by atoms with Crippen molar-refractivity contribution in [3.8, 4) is 17.1 Å². The molecule has 2 N–H and O–H groups in total. The highest BCUT2D eigenvalue weighted by atomic mass is 16.5. The fraction of sp³-hybridized carbons (Fsp3) is 0.458. The van der Waals surface area contributed by atoms with E-state index in [1.165, 1.54) is 56.2 Å². The Morgan fingerprint density at radius 2 is 2.11 bits per heavy atom. The summed E-state index contributed by atoms with van der Waals surface area (Å²) >= 11 is 0. The molecule has 1 atom stereocenters. The van der Waals surface area contributed by atoms with Gasteiger partial charge in [0.25, 0.3) is 0 Å². The Balaban J connectivity index is 1.70. The van der Waals surface area contributed by atoms with Crippen molar-refractivity contribution in [2.75, 3.05) is 7.11 Å². The van der Waals surface area contributed by atoms with E-state index in [0.717, 1.165) is 34.9 Å². The molecular weight excluding hydrogens is 346 g/mol. The van der Waals surface area contributed by atoms with Gasteiger partial charge in [0.1, 0.15) is 5.75 Å². The van der Waals surface area contributed by atoms with E-state index in [2.05, 4.69) is 41.2 Å². The van der Waals surface area contributed by atoms with Crippen molar-refractivity contribution in [3.63, 3.8) is 0 Å². The second kappa shape index (κ2) is 8.68. The monoisotopic (exact) mass is 377 g/mol. The van der Waals surface area contributed by atoms with Gasteiger partial charge in [0.05, 0.1) is 29.9 Å². The first-order valence-corrected chi connectivity index (χ1v) is 10.7. The number of hydrogen-bond acceptors (Lipinski definition) is 2. The van der Waals surface area contributed by atoms with Crippen LogP contribution in [-0.2, 0) is 0 Å². The Morgan fingerprint density at radius 3 is 2.89 bits per heavy atom. The predicted octanol–water partition coefficient (Wildman–Crippen LogP) is 6.51. The van der Waals surface area contributed by atoms with Gasteiger partial charge < -0.3 is 14.7 Å². The van der Waals surface area contributed by atoms with Gasteiger partial charge in [-0.2, -0.15) is 0 Å². The van der Waals surface area contributed by atoms with Gasteiger partial charge in [-0.05, 0) is 61.5 Å². The van der Waals surface area contributed by atoms with Gasteiger partial charge in [-0.25, -0.2) is 0 Å². The number of H-pyrrole nitrogens is 2. The van der Waals surface area contributed by atoms with E-state index in [1.54, 1.807) is 7.11 Å². The van der Waals surface area contributed by atoms with Crippen LogP contribution >= 0.6 is 0 Å². The third kappa shape index (κ3) is 4.01. The van der Waals surface area contributed by atoms with E-state index in [4.69, 9.17) is 9.73 Å². The van der Waals surface area contributed by atoms with E-state index in [9.17, 15) is 0 Å². The summed E-state index contributed by atoms with van der Waals surface area (Å²) in [6.45, 7) is 2.29. The van der Waals surface area contributed by atoms with Crippen LogP contribution in [0.3, 0.4) is 0 Å². The van der Waals surface area contributed by atoms with E-state index in [1.807, 2.05) is 12.3 Å². The van der Waals surface area contributed by atoms with Crippen LogP contribution in [0.25, 0.3) is 17.5 Å². The maximum atomic E-state index is 5.65. The second-order valence-electron chi connectivity index (χ2n) is 7.92. The molecule has 0 aromatic carbocycles. The lowest BCUT2D eigenvalue weighted by Crippen LogP contribution is -2.06. The number of methoxy groups -OCH3 is 1. The highest BCUT2D eigenvalue weighted by Gasteiger charge is 2.24. The Bertz CT molecular complexity index is 883. The Hall–Kier alpha value is -2.49. The topological polar surface area (TPSA) is 53.2 Å². The smallest absolute Gasteiger partial charge is 0.144 e. The number of allylic oxidation sites excluding steroid dienone is 2. The Morgan fingerprint density at radius 1 is 1.21 bits per heavy atom. The van der Waals surface area contributed by atoms with Gasteiger partial charge in [-0.3, -0.25) is 4.99 Å². The third-order valence-electron chi connectivity index (χ3n) is 5.89. The number of rotatable bonds is 5. The standard InChI is InChI=1S/C24H31N3O/c1-3-9-17-10-6-4-5-7-11-18-14-19(17)21(26-18)15-23-24(28-2)16-22(27-23)20-12-8-13-25-20/h8,12-17,25,27H,3-7,9-11H2,1-2H3/t17-/m1/s1. The number of aliphatic imine (C=N–C) groups is 1. The molecule has 4 nitrogen and oxygen atoms in total. The number of nitrogens with one attached hydrogen (secondary N) is 2. The maximum Gasteiger partial charge on any atom is 0.144 e. The van der Waals surface area contributed by atoms with E-state index >= 15 is 0 Å². The quantitative estimate of drug-likeness (QED) is 0.613. The van der Waals surface area contributed by atoms with Crippen LogP contribution in [0.4, 0.5) is 0 Å². The van der Waals surface area contributed by atoms with Gasteiger partial charge in [-0.15, -0.1) is 0 Å². The van der Waals surface area contributed by atoms with E-state index < -0.39 is 0 Å². The van der Waals surface area contributed by atoms with Crippen LogP contribution in [0.1, 0.15) is 64.0 Å². The molecule has 0 saturated carbocycles. The number of aromatic nitrogens is 2. The summed E-state index contributed by atoms with van der Waals surface area (Å²) in [5.74, 6) is 1.47. The first-order valence-electron chi connectivity index (χ1n) is 10.7. The van der Waals surface area contributed by atoms with Gasteiger partial charge in [0.15, 0.2) is 0 Å². The number of nitrogens with zero attached hydrogens (tertiary/aromatic N) is 1. The van der Waals surface area contributed by atoms with Crippen molar-refractivity contribution in [3.05, 3.63) is 47.4 Å². The van der Waals surface area contributed by atoms with Crippen molar-refractivity contribution in [2.45, 2.75) is 58.3 Å². The largest absolute Gasteiger partial charge is 0.494 e. The van der Waals surface area contributed by atoms with Crippen molar-refractivity contribution in [1.82, 2.24) is 9.97 Å². The fourth-order valence-electron chi connectivity index (χ4n) is 4.44. The molecule has 0 unspecified atom stereocenters. The highest BCUT2D eigenvalue weighted by Crippen LogP contribution is 2.37. The molecule has 0 spiro atoms. The van der Waals surface area contributed by atoms with Crippen LogP contribution in [0.5, 0.6) is 5.75 Å². The normalized spacial score (nSPS) is 21.5. The molecule has 148 valence electrons. The molecule has 0 fully saturated rings. The first-order chi connectivity index (χ1) is 13.8. The lowest BCUT2D eigenvalue weighted by atomic mass is 9.86. The average Bonchev–Trinajstić information content (AvgIpc) is 3.43. The molecule has 2 bridgehead atoms. The summed E-state index contributed by atoms with van der Waals surface area (Å²) in [6, 6.07) is 6.12. The summed E-state index contributed by atoms with van der Waals surface area (Å²) < 4.78 is 5.65. The van der Waals surface area contributed by atoms with Crippen LogP contribution in [0.2, 0.25) is 0 Å². The molecule has 4 heteroatoms. The number of fused-ring (bicyclic) bond motifs is 1. The summed E-state index contributed by atoms with van der Waals surface area (Å²) in [6.07, 6.45) is 16.6. The second-order valence-corrected chi connectivity index (χ2v) is 7.92. The van der Waals surface area contributed by atoms with Gasteiger partial charge >= 0.3 is 0 Å². The number of aromatic amines is 2. The zero-order chi connectivity index (χ0) is 19.3. The van der Waals surface area contributed by atoms with Gasteiger partial charge in [0.2, 0.25) is 0 Å². The van der Waals surface area contributed by atoms with Crippen molar-refractivity contribution in [2.24, 2.45) is 10.9 Å². The highest BCUT2D eigenvalue weighted by molar-refractivity contribution is 6.00. The minimum atomic E-state index is 0.611. The average molecular weight is 378 g/mol. The molecule has 28 heavy (non-hydrogen) atoms. The molecule has 0 radical (unpaired) electrons. The van der Waals surface area contributed by atoms with Gasteiger partial charge in [-0.1, -0.05) is 32.6 Å². The maximum absolute atomic E-state index is 5.65. The molecular formula is C24H31N3O. The number of hydrogen-bond donors (Lipinski definition) is 2. The lowest BCUT2D eigenvalue weighted by molar-refractivity contribution is 0.414. The molecule has 2 aliphatic rings. The van der Waals surface area contributed by atoms with E-state index in [-0.39, 0.29) is 0 Å². The molecule has 4 rings (SSSR count). The van der Waals surface area contributed by atoms with Gasteiger partial charge in [0, 0.05) is 18.0 Å². The summed E-state index contributed by atoms with van der Waals surface area (Å²) in [4.78, 5) is 11.8. The molecule has 1 aliphatic heterocycles. The Labute approximate surface area is 167 Å². The molecule has 2 aromatic rings. The van der Waals surface area contributed by atoms with Crippen LogP contribution < -0.4 is 4.74 Å². The van der Waals surface area contributed by atoms with Crippen molar-refractivity contribution < 1.29 is 4.74 Å². The van der Waals surface area contributed by atoms with Crippen molar-refractivity contribution >= 4 is 11.8 Å². The zero-order valence-electron chi connectivity index (χ0n) is 17.1. The summed E-state index contributed by atoms with van der Waals surface area (Å²) in [5.41, 5.74) is 6.88. The molecule has 0 saturated heterocycles. The summed E-state index contributed by atoms with van der Waals surface area (Å²) in [5, 5.41) is 0. The zero-order valence-corrected chi connectivity index (χ0v) is 17.1. The Kier molecular flexibility index (Phi) is 5.84. The lowest BCUT2D eigenvalue weighted by Gasteiger charge is -2.19. The fourth-order valence-corrected chi connectivity index (χ4v) is 4.44. The van der Waals surface area contributed by atoms with Crippen LogP contribution in [-0.4, -0.2) is 22.8 Å². The molecule has 2 aromatic heterocycles. The first kappa shape index (κ1) is 18.9. The van der Waals surface area contributed by atoms with E-state index in [0.29, 0.717) is 5.92 Å². The summed E-state index contributed by atoms with van der Waals surface area (Å²) in [7, 11) is 1.73. The van der Waals surface area contributed by atoms with Crippen LogP contribution in [0, 0.1) is 5.92 Å². The third-order valence-corrected chi connectivity index (χ3v) is 5.89. The molecule has 3 heterocycles.